The molecule has 82 valence electrons. The summed E-state index contributed by atoms with van der Waals surface area (Å²) in [4.78, 5) is 0. The van der Waals surface area contributed by atoms with Crippen LogP contribution in [-0.2, 0) is 0 Å². The van der Waals surface area contributed by atoms with Crippen molar-refractivity contribution in [1.29, 1.82) is 0 Å². The standard InChI is InChI=1S/C13H18BrN/c1-9-8-11(14)6-7-12(9)13(15-2)10-4-3-5-10/h6-8,10,13,15H,3-5H2,1-2H3. The lowest BCUT2D eigenvalue weighted by atomic mass is 9.76. The molecule has 1 fully saturated rings. The molecule has 0 spiro atoms. The fraction of sp³-hybridized carbons (Fsp3) is 0.538. The highest BCUT2D eigenvalue weighted by Gasteiger charge is 2.27. The second kappa shape index (κ2) is 4.67. The van der Waals surface area contributed by atoms with E-state index in [4.69, 9.17) is 0 Å². The average Bonchev–Trinajstić information content (AvgIpc) is 2.12. The Labute approximate surface area is 100 Å². The molecule has 0 aliphatic heterocycles. The van der Waals surface area contributed by atoms with Crippen LogP contribution in [0.15, 0.2) is 22.7 Å². The molecular formula is C13H18BrN. The van der Waals surface area contributed by atoms with Crippen LogP contribution in [-0.4, -0.2) is 7.05 Å². The predicted molar refractivity (Wildman–Crippen MR) is 68.0 cm³/mol. The van der Waals surface area contributed by atoms with E-state index in [1.165, 1.54) is 34.9 Å². The molecule has 0 saturated heterocycles. The van der Waals surface area contributed by atoms with Crippen molar-refractivity contribution in [2.75, 3.05) is 7.05 Å². The van der Waals surface area contributed by atoms with E-state index in [2.05, 4.69) is 53.4 Å². The number of hydrogen-bond donors (Lipinski definition) is 1. The molecule has 0 heterocycles. The molecule has 0 amide bonds. The first-order valence-corrected chi connectivity index (χ1v) is 6.45. The Morgan fingerprint density at radius 2 is 2.13 bits per heavy atom. The van der Waals surface area contributed by atoms with Crippen LogP contribution < -0.4 is 5.32 Å². The van der Waals surface area contributed by atoms with E-state index in [-0.39, 0.29) is 0 Å². The van der Waals surface area contributed by atoms with E-state index in [1.807, 2.05) is 0 Å². The van der Waals surface area contributed by atoms with Gasteiger partial charge in [-0.2, -0.15) is 0 Å². The van der Waals surface area contributed by atoms with Crippen molar-refractivity contribution >= 4 is 15.9 Å². The topological polar surface area (TPSA) is 12.0 Å². The summed E-state index contributed by atoms with van der Waals surface area (Å²) < 4.78 is 1.17. The van der Waals surface area contributed by atoms with Crippen molar-refractivity contribution in [3.8, 4) is 0 Å². The zero-order valence-electron chi connectivity index (χ0n) is 9.39. The van der Waals surface area contributed by atoms with E-state index < -0.39 is 0 Å². The fourth-order valence-corrected chi connectivity index (χ4v) is 2.88. The Balaban J connectivity index is 2.25. The van der Waals surface area contributed by atoms with Crippen molar-refractivity contribution in [1.82, 2.24) is 5.32 Å². The smallest absolute Gasteiger partial charge is 0.0348 e. The van der Waals surface area contributed by atoms with Gasteiger partial charge in [-0.15, -0.1) is 0 Å². The number of nitrogens with one attached hydrogen (secondary N) is 1. The van der Waals surface area contributed by atoms with Gasteiger partial charge in [0.1, 0.15) is 0 Å². The highest BCUT2D eigenvalue weighted by Crippen LogP contribution is 2.38. The Kier molecular flexibility index (Phi) is 3.47. The van der Waals surface area contributed by atoms with E-state index in [1.54, 1.807) is 0 Å². The maximum atomic E-state index is 3.51. The van der Waals surface area contributed by atoms with Crippen LogP contribution in [0.5, 0.6) is 0 Å². The Bertz CT molecular complexity index is 344. The van der Waals surface area contributed by atoms with Gasteiger partial charge >= 0.3 is 0 Å². The van der Waals surface area contributed by atoms with Gasteiger partial charge in [-0.05, 0) is 56.0 Å². The molecule has 1 unspecified atom stereocenters. The van der Waals surface area contributed by atoms with Gasteiger partial charge in [-0.3, -0.25) is 0 Å². The van der Waals surface area contributed by atoms with Crippen LogP contribution in [0.4, 0.5) is 0 Å². The highest BCUT2D eigenvalue weighted by atomic mass is 79.9. The van der Waals surface area contributed by atoms with Gasteiger partial charge < -0.3 is 5.32 Å². The first-order chi connectivity index (χ1) is 7.22. The molecule has 0 bridgehead atoms. The average molecular weight is 268 g/mol. The summed E-state index contributed by atoms with van der Waals surface area (Å²) in [6, 6.07) is 7.15. The summed E-state index contributed by atoms with van der Waals surface area (Å²) in [6.07, 6.45) is 4.15. The van der Waals surface area contributed by atoms with Crippen molar-refractivity contribution in [2.45, 2.75) is 32.2 Å². The number of rotatable bonds is 3. The zero-order chi connectivity index (χ0) is 10.8. The molecule has 1 aromatic rings. The summed E-state index contributed by atoms with van der Waals surface area (Å²) in [6.45, 7) is 2.20. The molecule has 1 saturated carbocycles. The van der Waals surface area contributed by atoms with Crippen molar-refractivity contribution in [2.24, 2.45) is 5.92 Å². The summed E-state index contributed by atoms with van der Waals surface area (Å²) in [5, 5.41) is 3.47. The van der Waals surface area contributed by atoms with Gasteiger partial charge in [0.15, 0.2) is 0 Å². The molecule has 15 heavy (non-hydrogen) atoms. The first kappa shape index (κ1) is 11.2. The largest absolute Gasteiger partial charge is 0.313 e. The van der Waals surface area contributed by atoms with E-state index in [0.29, 0.717) is 6.04 Å². The van der Waals surface area contributed by atoms with Crippen LogP contribution in [0.25, 0.3) is 0 Å². The highest BCUT2D eigenvalue weighted by molar-refractivity contribution is 9.10. The summed E-state index contributed by atoms with van der Waals surface area (Å²) in [5.41, 5.74) is 2.85. The van der Waals surface area contributed by atoms with Gasteiger partial charge in [-0.1, -0.05) is 28.4 Å². The predicted octanol–water partition coefficient (Wildman–Crippen LogP) is 3.82. The maximum absolute atomic E-state index is 3.51. The summed E-state index contributed by atoms with van der Waals surface area (Å²) in [5.74, 6) is 0.842. The minimum absolute atomic E-state index is 0.548. The SMILES string of the molecule is CNC(c1ccc(Br)cc1C)C1CCC1. The van der Waals surface area contributed by atoms with E-state index in [9.17, 15) is 0 Å². The first-order valence-electron chi connectivity index (χ1n) is 5.65. The third-order valence-corrected chi connectivity index (χ3v) is 3.99. The van der Waals surface area contributed by atoms with Gasteiger partial charge in [0.25, 0.3) is 0 Å². The van der Waals surface area contributed by atoms with Gasteiger partial charge in [0.05, 0.1) is 0 Å². The lowest BCUT2D eigenvalue weighted by Gasteiger charge is -2.34. The Morgan fingerprint density at radius 1 is 1.40 bits per heavy atom. The van der Waals surface area contributed by atoms with Gasteiger partial charge in [0, 0.05) is 10.5 Å². The Hall–Kier alpha value is -0.340. The lowest BCUT2D eigenvalue weighted by molar-refractivity contribution is 0.239. The van der Waals surface area contributed by atoms with Crippen LogP contribution in [0, 0.1) is 12.8 Å². The number of hydrogen-bond acceptors (Lipinski definition) is 1. The van der Waals surface area contributed by atoms with Crippen LogP contribution in [0.1, 0.15) is 36.4 Å². The number of halogens is 1. The van der Waals surface area contributed by atoms with Crippen molar-refractivity contribution in [3.05, 3.63) is 33.8 Å². The zero-order valence-corrected chi connectivity index (χ0v) is 11.0. The molecule has 1 atom stereocenters. The normalized spacial score (nSPS) is 18.6. The molecule has 1 nitrogen and oxygen atoms in total. The minimum atomic E-state index is 0.548. The monoisotopic (exact) mass is 267 g/mol. The maximum Gasteiger partial charge on any atom is 0.0348 e. The molecule has 2 rings (SSSR count). The number of aryl methyl sites for hydroxylation is 1. The van der Waals surface area contributed by atoms with Gasteiger partial charge in [-0.25, -0.2) is 0 Å². The second-order valence-corrected chi connectivity index (χ2v) is 5.37. The van der Waals surface area contributed by atoms with Crippen LogP contribution >= 0.6 is 15.9 Å². The van der Waals surface area contributed by atoms with Crippen molar-refractivity contribution < 1.29 is 0 Å². The van der Waals surface area contributed by atoms with E-state index >= 15 is 0 Å². The van der Waals surface area contributed by atoms with Crippen molar-refractivity contribution in [3.63, 3.8) is 0 Å². The second-order valence-electron chi connectivity index (χ2n) is 4.46. The third kappa shape index (κ3) is 2.26. The molecule has 1 N–H and O–H groups in total. The molecular weight excluding hydrogens is 250 g/mol. The quantitative estimate of drug-likeness (QED) is 0.878. The molecule has 0 radical (unpaired) electrons. The minimum Gasteiger partial charge on any atom is -0.313 e. The number of benzene rings is 1. The molecule has 1 aliphatic carbocycles. The molecule has 2 heteroatoms. The Morgan fingerprint density at radius 3 is 2.60 bits per heavy atom. The fourth-order valence-electron chi connectivity index (χ4n) is 2.41. The van der Waals surface area contributed by atoms with E-state index in [0.717, 1.165) is 5.92 Å². The van der Waals surface area contributed by atoms with Crippen LogP contribution in [0.2, 0.25) is 0 Å². The molecule has 1 aromatic carbocycles. The molecule has 0 aromatic heterocycles. The summed E-state index contributed by atoms with van der Waals surface area (Å²) in [7, 11) is 2.07. The van der Waals surface area contributed by atoms with Gasteiger partial charge in [0.2, 0.25) is 0 Å². The van der Waals surface area contributed by atoms with Crippen LogP contribution in [0.3, 0.4) is 0 Å². The lowest BCUT2D eigenvalue weighted by Crippen LogP contribution is -2.30. The third-order valence-electron chi connectivity index (χ3n) is 3.50. The summed E-state index contributed by atoms with van der Waals surface area (Å²) >= 11 is 3.51. The molecule has 1 aliphatic rings.